The van der Waals surface area contributed by atoms with Gasteiger partial charge in [-0.25, -0.2) is 5.11 Å². The van der Waals surface area contributed by atoms with Crippen molar-refractivity contribution in [2.24, 2.45) is 0 Å². The van der Waals surface area contributed by atoms with E-state index in [1.807, 2.05) is 0 Å². The third-order valence-electron chi connectivity index (χ3n) is 1.32. The second-order valence-corrected chi connectivity index (χ2v) is 4.53. The molecule has 0 aliphatic rings. The predicted octanol–water partition coefficient (Wildman–Crippen LogP) is 0.198. The highest BCUT2D eigenvalue weighted by Crippen LogP contribution is 2.07. The van der Waals surface area contributed by atoms with Crippen molar-refractivity contribution in [3.8, 4) is 0 Å². The van der Waals surface area contributed by atoms with Gasteiger partial charge in [0.25, 0.3) is 0 Å². The third kappa shape index (κ3) is 3.61. The molecule has 0 saturated heterocycles. The summed E-state index contributed by atoms with van der Waals surface area (Å²) in [5, 5.41) is 10.1. The van der Waals surface area contributed by atoms with Gasteiger partial charge in [0.1, 0.15) is 0 Å². The summed E-state index contributed by atoms with van der Waals surface area (Å²) < 4.78 is 20.0. The fraction of sp³-hybridized carbons (Fsp3) is 1.00. The molecule has 0 fully saturated rings. The zero-order valence-electron chi connectivity index (χ0n) is 7.66. The molecule has 73 valence electrons. The summed E-state index contributed by atoms with van der Waals surface area (Å²) in [6.45, 7) is 0.146. The highest BCUT2D eigenvalue weighted by Gasteiger charge is 2.41. The van der Waals surface area contributed by atoms with Crippen LogP contribution in [-0.2, 0) is 22.8 Å². The second kappa shape index (κ2) is 6.52. The van der Waals surface area contributed by atoms with Crippen LogP contribution in [0.25, 0.3) is 0 Å². The van der Waals surface area contributed by atoms with Crippen molar-refractivity contribution < 1.29 is 22.8 Å². The van der Waals surface area contributed by atoms with E-state index in [0.29, 0.717) is 13.0 Å². The zero-order chi connectivity index (χ0) is 9.45. The van der Waals surface area contributed by atoms with Crippen LogP contribution in [0.2, 0.25) is 0 Å². The van der Waals surface area contributed by atoms with Gasteiger partial charge < -0.3 is 17.7 Å². The van der Waals surface area contributed by atoms with Crippen molar-refractivity contribution in [3.63, 3.8) is 0 Å². The van der Waals surface area contributed by atoms with Crippen LogP contribution < -0.4 is 0 Å². The topological polar surface area (TPSA) is 56.8 Å². The first-order valence-electron chi connectivity index (χ1n) is 3.62. The molecule has 0 heterocycles. The Hall–Kier alpha value is 0.0169. The quantitative estimate of drug-likeness (QED) is 0.430. The predicted molar refractivity (Wildman–Crippen MR) is 42.9 cm³/mol. The van der Waals surface area contributed by atoms with Crippen molar-refractivity contribution in [1.29, 1.82) is 0 Å². The summed E-state index contributed by atoms with van der Waals surface area (Å²) in [5.41, 5.74) is 0. The molecule has 1 radical (unpaired) electrons. The summed E-state index contributed by atoms with van der Waals surface area (Å²) >= 11 is 0. The SMILES string of the molecule is CO[Si](OC)(OC)OCCC[O]. The molecule has 0 aliphatic carbocycles. The zero-order valence-corrected chi connectivity index (χ0v) is 8.66. The van der Waals surface area contributed by atoms with Crippen LogP contribution in [0.15, 0.2) is 0 Å². The third-order valence-corrected chi connectivity index (χ3v) is 3.38. The van der Waals surface area contributed by atoms with Crippen molar-refractivity contribution in [3.05, 3.63) is 0 Å². The van der Waals surface area contributed by atoms with Gasteiger partial charge in [0, 0.05) is 27.9 Å². The van der Waals surface area contributed by atoms with Gasteiger partial charge in [0.2, 0.25) is 0 Å². The molecule has 0 atom stereocenters. The molecule has 0 saturated carbocycles. The van der Waals surface area contributed by atoms with Gasteiger partial charge in [-0.15, -0.1) is 0 Å². The summed E-state index contributed by atoms with van der Waals surface area (Å²) in [6, 6.07) is 0. The minimum atomic E-state index is -2.89. The lowest BCUT2D eigenvalue weighted by Crippen LogP contribution is -2.46. The maximum absolute atomic E-state index is 10.1. The first kappa shape index (κ1) is 12.0. The fourth-order valence-electron chi connectivity index (χ4n) is 0.683. The Kier molecular flexibility index (Phi) is 6.53. The van der Waals surface area contributed by atoms with E-state index >= 15 is 0 Å². The summed E-state index contributed by atoms with van der Waals surface area (Å²) in [7, 11) is 1.47. The van der Waals surface area contributed by atoms with Gasteiger partial charge in [-0.05, 0) is 6.42 Å². The lowest BCUT2D eigenvalue weighted by molar-refractivity contribution is 0.00143. The fourth-order valence-corrected chi connectivity index (χ4v) is 1.93. The van der Waals surface area contributed by atoms with Crippen LogP contribution in [0.4, 0.5) is 0 Å². The molecule has 0 aromatic heterocycles. The Bertz CT molecular complexity index is 97.8. The van der Waals surface area contributed by atoms with Crippen LogP contribution in [0.3, 0.4) is 0 Å². The van der Waals surface area contributed by atoms with Gasteiger partial charge in [0.05, 0.1) is 6.61 Å². The first-order chi connectivity index (χ1) is 5.74. The van der Waals surface area contributed by atoms with Gasteiger partial charge in [-0.2, -0.15) is 0 Å². The lowest BCUT2D eigenvalue weighted by atomic mass is 10.5. The molecule has 0 aliphatic heterocycles. The Morgan fingerprint density at radius 3 is 1.92 bits per heavy atom. The number of hydrogen-bond donors (Lipinski definition) is 0. The average molecular weight is 195 g/mol. The lowest BCUT2D eigenvalue weighted by Gasteiger charge is -2.22. The summed E-state index contributed by atoms with van der Waals surface area (Å²) in [4.78, 5) is 0. The second-order valence-electron chi connectivity index (χ2n) is 2.02. The monoisotopic (exact) mass is 195 g/mol. The van der Waals surface area contributed by atoms with Crippen LogP contribution in [-0.4, -0.2) is 43.6 Å². The van der Waals surface area contributed by atoms with E-state index in [1.165, 1.54) is 21.3 Å². The first-order valence-corrected chi connectivity index (χ1v) is 5.25. The highest BCUT2D eigenvalue weighted by atomic mass is 28.4. The van der Waals surface area contributed by atoms with E-state index in [4.69, 9.17) is 17.7 Å². The Labute approximate surface area is 73.7 Å². The Morgan fingerprint density at radius 2 is 1.58 bits per heavy atom. The Morgan fingerprint density at radius 1 is 1.08 bits per heavy atom. The van der Waals surface area contributed by atoms with Crippen LogP contribution in [0.5, 0.6) is 0 Å². The smallest absolute Gasteiger partial charge is 0.355 e. The largest absolute Gasteiger partial charge is 0.678 e. The molecule has 6 heteroatoms. The molecule has 0 N–H and O–H groups in total. The van der Waals surface area contributed by atoms with Crippen LogP contribution in [0.1, 0.15) is 6.42 Å². The summed E-state index contributed by atoms with van der Waals surface area (Å²) in [6.07, 6.45) is 0.435. The van der Waals surface area contributed by atoms with E-state index in [2.05, 4.69) is 0 Å². The average Bonchev–Trinajstić information content (AvgIpc) is 2.14. The maximum atomic E-state index is 10.1. The van der Waals surface area contributed by atoms with Crippen molar-refractivity contribution in [1.82, 2.24) is 0 Å². The molecule has 0 amide bonds. The highest BCUT2D eigenvalue weighted by molar-refractivity contribution is 6.53. The molecule has 0 spiro atoms. The molecular formula is C6H15O5Si. The van der Waals surface area contributed by atoms with E-state index in [0.717, 1.165) is 0 Å². The molecule has 0 bridgehead atoms. The van der Waals surface area contributed by atoms with Crippen molar-refractivity contribution >= 4 is 9.05 Å². The molecule has 0 aromatic rings. The van der Waals surface area contributed by atoms with E-state index in [1.54, 1.807) is 0 Å². The van der Waals surface area contributed by atoms with Gasteiger partial charge in [-0.1, -0.05) is 0 Å². The van der Waals surface area contributed by atoms with Crippen molar-refractivity contribution in [2.75, 3.05) is 34.5 Å². The van der Waals surface area contributed by atoms with E-state index in [-0.39, 0.29) is 6.61 Å². The molecule has 0 aromatic carbocycles. The van der Waals surface area contributed by atoms with Gasteiger partial charge in [-0.3, -0.25) is 0 Å². The van der Waals surface area contributed by atoms with Gasteiger partial charge in [0.15, 0.2) is 0 Å². The Balaban J connectivity index is 3.76. The number of rotatable bonds is 7. The molecule has 12 heavy (non-hydrogen) atoms. The minimum Gasteiger partial charge on any atom is -0.355 e. The molecule has 0 rings (SSSR count). The molecule has 0 unspecified atom stereocenters. The molecular weight excluding hydrogens is 180 g/mol. The van der Waals surface area contributed by atoms with E-state index in [9.17, 15) is 5.11 Å². The maximum Gasteiger partial charge on any atom is 0.678 e. The molecule has 5 nitrogen and oxygen atoms in total. The van der Waals surface area contributed by atoms with E-state index < -0.39 is 9.05 Å². The normalized spacial score (nSPS) is 12.0. The van der Waals surface area contributed by atoms with Crippen molar-refractivity contribution in [2.45, 2.75) is 6.42 Å². The van der Waals surface area contributed by atoms with Gasteiger partial charge >= 0.3 is 9.05 Å². The van der Waals surface area contributed by atoms with Crippen LogP contribution >= 0.6 is 0 Å². The minimum absolute atomic E-state index is 0.165. The standard InChI is InChI=1S/C6H15O5Si/c1-8-12(9-2,10-3)11-6-4-5-7/h4-6H2,1-3H3. The number of hydrogen-bond acceptors (Lipinski definition) is 4. The van der Waals surface area contributed by atoms with Crippen LogP contribution in [0, 0.1) is 0 Å². The summed E-state index contributed by atoms with van der Waals surface area (Å²) in [5.74, 6) is 0.